The number of ether oxygens (including phenoxy) is 1. The molecule has 0 bridgehead atoms. The van der Waals surface area contributed by atoms with Crippen molar-refractivity contribution in [1.29, 1.82) is 0 Å². The first kappa shape index (κ1) is 10.1. The van der Waals surface area contributed by atoms with Gasteiger partial charge in [-0.05, 0) is 23.8 Å². The molecule has 0 radical (unpaired) electrons. The molecule has 0 fully saturated rings. The average molecular weight is 227 g/mol. The number of fused-ring (bicyclic) bond motifs is 1. The van der Waals surface area contributed by atoms with Crippen molar-refractivity contribution in [3.63, 3.8) is 0 Å². The fourth-order valence-electron chi connectivity index (χ4n) is 2.07. The lowest BCUT2D eigenvalue weighted by molar-refractivity contribution is 0.357. The van der Waals surface area contributed by atoms with Crippen LogP contribution in [0.15, 0.2) is 30.6 Å². The van der Waals surface area contributed by atoms with E-state index >= 15 is 0 Å². The first-order valence-electron chi connectivity index (χ1n) is 5.63. The topological polar surface area (TPSA) is 47.0 Å². The molecule has 0 spiro atoms. The van der Waals surface area contributed by atoms with Crippen LogP contribution in [0.25, 0.3) is 11.3 Å². The maximum atomic E-state index is 5.49. The Bertz CT molecular complexity index is 554. The second kappa shape index (κ2) is 4.05. The molecule has 0 saturated heterocycles. The molecule has 3 rings (SSSR count). The van der Waals surface area contributed by atoms with Crippen molar-refractivity contribution in [2.24, 2.45) is 0 Å². The van der Waals surface area contributed by atoms with Crippen molar-refractivity contribution in [1.82, 2.24) is 9.97 Å². The fourth-order valence-corrected chi connectivity index (χ4v) is 2.07. The van der Waals surface area contributed by atoms with Gasteiger partial charge in [0.05, 0.1) is 6.61 Å². The molecule has 86 valence electrons. The molecular formula is C13H13N3O. The highest BCUT2D eigenvalue weighted by molar-refractivity contribution is 5.72. The van der Waals surface area contributed by atoms with Gasteiger partial charge in [0.25, 0.3) is 0 Å². The maximum Gasteiger partial charge on any atom is 0.152 e. The van der Waals surface area contributed by atoms with E-state index in [2.05, 4.69) is 21.4 Å². The fraction of sp³-hybridized carbons (Fsp3) is 0.231. The molecule has 0 aliphatic carbocycles. The molecule has 1 aliphatic heterocycles. The van der Waals surface area contributed by atoms with Crippen molar-refractivity contribution in [3.05, 3.63) is 36.2 Å². The minimum absolute atomic E-state index is 0.776. The monoisotopic (exact) mass is 227 g/mol. The Balaban J connectivity index is 2.09. The third-order valence-electron chi connectivity index (χ3n) is 2.90. The van der Waals surface area contributed by atoms with E-state index < -0.39 is 0 Å². The van der Waals surface area contributed by atoms with E-state index in [9.17, 15) is 0 Å². The van der Waals surface area contributed by atoms with E-state index in [1.165, 1.54) is 5.56 Å². The van der Waals surface area contributed by atoms with Gasteiger partial charge in [-0.3, -0.25) is 4.98 Å². The lowest BCUT2D eigenvalue weighted by Gasteiger charge is -2.07. The molecule has 2 heterocycles. The minimum Gasteiger partial charge on any atom is -0.493 e. The standard InChI is InChI=1S/C13H13N3O/c1-14-13-12(15-5-6-16-13)10-2-3-11-9(8-10)4-7-17-11/h2-3,5-6,8H,4,7H2,1H3,(H,14,16). The highest BCUT2D eigenvalue weighted by atomic mass is 16.5. The third kappa shape index (κ3) is 1.71. The SMILES string of the molecule is CNc1nccnc1-c1ccc2c(c1)CCO2. The zero-order valence-corrected chi connectivity index (χ0v) is 9.60. The Morgan fingerprint density at radius 3 is 3.00 bits per heavy atom. The molecule has 17 heavy (non-hydrogen) atoms. The minimum atomic E-state index is 0.776. The summed E-state index contributed by atoms with van der Waals surface area (Å²) in [5.41, 5.74) is 3.20. The lowest BCUT2D eigenvalue weighted by atomic mass is 10.1. The van der Waals surface area contributed by atoms with Crippen LogP contribution >= 0.6 is 0 Å². The van der Waals surface area contributed by atoms with Gasteiger partial charge < -0.3 is 10.1 Å². The third-order valence-corrected chi connectivity index (χ3v) is 2.90. The zero-order chi connectivity index (χ0) is 11.7. The number of aromatic nitrogens is 2. The summed E-state index contributed by atoms with van der Waals surface area (Å²) in [5.74, 6) is 1.79. The van der Waals surface area contributed by atoms with Gasteiger partial charge >= 0.3 is 0 Å². The summed E-state index contributed by atoms with van der Waals surface area (Å²) < 4.78 is 5.49. The summed E-state index contributed by atoms with van der Waals surface area (Å²) in [6, 6.07) is 6.16. The smallest absolute Gasteiger partial charge is 0.152 e. The summed E-state index contributed by atoms with van der Waals surface area (Å²) in [5, 5.41) is 3.06. The van der Waals surface area contributed by atoms with E-state index in [0.717, 1.165) is 35.9 Å². The van der Waals surface area contributed by atoms with Crippen molar-refractivity contribution < 1.29 is 4.74 Å². The van der Waals surface area contributed by atoms with Crippen molar-refractivity contribution >= 4 is 5.82 Å². The van der Waals surface area contributed by atoms with Gasteiger partial charge in [0.15, 0.2) is 5.82 Å². The van der Waals surface area contributed by atoms with Crippen molar-refractivity contribution in [2.75, 3.05) is 19.0 Å². The quantitative estimate of drug-likeness (QED) is 0.853. The first-order valence-corrected chi connectivity index (χ1v) is 5.63. The van der Waals surface area contributed by atoms with E-state index in [4.69, 9.17) is 4.74 Å². The van der Waals surface area contributed by atoms with E-state index in [0.29, 0.717) is 0 Å². The normalized spacial score (nSPS) is 13.0. The largest absolute Gasteiger partial charge is 0.493 e. The Hall–Kier alpha value is -2.10. The molecule has 1 N–H and O–H groups in total. The lowest BCUT2D eigenvalue weighted by Crippen LogP contribution is -1.97. The van der Waals surface area contributed by atoms with Crippen LogP contribution in [0.5, 0.6) is 5.75 Å². The molecule has 1 aromatic heterocycles. The van der Waals surface area contributed by atoms with Crippen molar-refractivity contribution in [3.8, 4) is 17.0 Å². The highest BCUT2D eigenvalue weighted by Crippen LogP contribution is 2.31. The first-order chi connectivity index (χ1) is 8.38. The Kier molecular flexibility index (Phi) is 2.40. The van der Waals surface area contributed by atoms with Gasteiger partial charge in [-0.15, -0.1) is 0 Å². The van der Waals surface area contributed by atoms with Crippen LogP contribution in [0.1, 0.15) is 5.56 Å². The Morgan fingerprint density at radius 2 is 2.12 bits per heavy atom. The predicted molar refractivity (Wildman–Crippen MR) is 66.2 cm³/mol. The maximum absolute atomic E-state index is 5.49. The van der Waals surface area contributed by atoms with Crippen LogP contribution in [-0.2, 0) is 6.42 Å². The van der Waals surface area contributed by atoms with Gasteiger partial charge in [0.2, 0.25) is 0 Å². The van der Waals surface area contributed by atoms with Crippen LogP contribution in [0.3, 0.4) is 0 Å². The summed E-state index contributed by atoms with van der Waals surface area (Å²) in [6.45, 7) is 0.776. The number of nitrogens with zero attached hydrogens (tertiary/aromatic N) is 2. The Labute approximate surface area is 99.7 Å². The number of hydrogen-bond acceptors (Lipinski definition) is 4. The number of anilines is 1. The summed E-state index contributed by atoms with van der Waals surface area (Å²) >= 11 is 0. The predicted octanol–water partition coefficient (Wildman–Crippen LogP) is 2.12. The molecule has 0 unspecified atom stereocenters. The zero-order valence-electron chi connectivity index (χ0n) is 9.60. The van der Waals surface area contributed by atoms with Gasteiger partial charge in [0.1, 0.15) is 11.4 Å². The molecule has 0 atom stereocenters. The molecule has 1 aliphatic rings. The van der Waals surface area contributed by atoms with Gasteiger partial charge in [0, 0.05) is 31.4 Å². The van der Waals surface area contributed by atoms with E-state index in [-0.39, 0.29) is 0 Å². The molecule has 1 aromatic carbocycles. The second-order valence-corrected chi connectivity index (χ2v) is 3.92. The highest BCUT2D eigenvalue weighted by Gasteiger charge is 2.14. The summed E-state index contributed by atoms with van der Waals surface area (Å²) in [4.78, 5) is 8.64. The number of nitrogens with one attached hydrogen (secondary N) is 1. The van der Waals surface area contributed by atoms with Crippen LogP contribution in [0.4, 0.5) is 5.82 Å². The van der Waals surface area contributed by atoms with Crippen LogP contribution in [0, 0.1) is 0 Å². The van der Waals surface area contributed by atoms with Crippen LogP contribution in [0.2, 0.25) is 0 Å². The van der Waals surface area contributed by atoms with Crippen LogP contribution in [-0.4, -0.2) is 23.6 Å². The van der Waals surface area contributed by atoms with E-state index in [1.807, 2.05) is 19.2 Å². The van der Waals surface area contributed by atoms with Gasteiger partial charge in [-0.1, -0.05) is 0 Å². The molecule has 0 amide bonds. The molecule has 0 saturated carbocycles. The summed E-state index contributed by atoms with van der Waals surface area (Å²) in [7, 11) is 1.85. The second-order valence-electron chi connectivity index (χ2n) is 3.92. The molecule has 4 nitrogen and oxygen atoms in total. The van der Waals surface area contributed by atoms with Gasteiger partial charge in [-0.25, -0.2) is 4.98 Å². The summed E-state index contributed by atoms with van der Waals surface area (Å²) in [6.07, 6.45) is 4.37. The average Bonchev–Trinajstić information content (AvgIpc) is 2.85. The molecule has 2 aromatic rings. The number of benzene rings is 1. The number of hydrogen-bond donors (Lipinski definition) is 1. The van der Waals surface area contributed by atoms with E-state index in [1.54, 1.807) is 12.4 Å². The molecule has 4 heteroatoms. The Morgan fingerprint density at radius 1 is 1.24 bits per heavy atom. The van der Waals surface area contributed by atoms with Crippen LogP contribution < -0.4 is 10.1 Å². The number of rotatable bonds is 2. The van der Waals surface area contributed by atoms with Gasteiger partial charge in [-0.2, -0.15) is 0 Å². The molecular weight excluding hydrogens is 214 g/mol. The van der Waals surface area contributed by atoms with Crippen molar-refractivity contribution in [2.45, 2.75) is 6.42 Å².